The molecule has 0 aliphatic rings. The minimum absolute atomic E-state index is 0.203. The Bertz CT molecular complexity index is 1210. The zero-order valence-electron chi connectivity index (χ0n) is 20.0. The minimum atomic E-state index is 0.203. The molecule has 168 valence electrons. The van der Waals surface area contributed by atoms with E-state index < -0.39 is 0 Å². The highest BCUT2D eigenvalue weighted by Gasteiger charge is 2.24. The van der Waals surface area contributed by atoms with Gasteiger partial charge in [0.1, 0.15) is 17.2 Å². The Morgan fingerprint density at radius 3 is 0.879 bits per heavy atom. The van der Waals surface area contributed by atoms with Crippen molar-refractivity contribution < 1.29 is 15.3 Å². The number of aryl methyl sites for hydroxylation is 3. The Balaban J connectivity index is 2.22. The number of phenols is 3. The van der Waals surface area contributed by atoms with E-state index in [0.717, 1.165) is 66.8 Å². The molecule has 3 heteroatoms. The van der Waals surface area contributed by atoms with Gasteiger partial charge in [-0.15, -0.1) is 0 Å². The van der Waals surface area contributed by atoms with Gasteiger partial charge >= 0.3 is 0 Å². The average Bonchev–Trinajstić information content (AvgIpc) is 2.75. The molecule has 0 fully saturated rings. The van der Waals surface area contributed by atoms with Gasteiger partial charge < -0.3 is 15.3 Å². The second kappa shape index (κ2) is 8.32. The molecule has 3 N–H and O–H groups in total. The normalized spacial score (nSPS) is 11.1. The van der Waals surface area contributed by atoms with Crippen LogP contribution >= 0.6 is 0 Å². The van der Waals surface area contributed by atoms with Crippen molar-refractivity contribution in [3.63, 3.8) is 0 Å². The van der Waals surface area contributed by atoms with Crippen LogP contribution in [0.2, 0.25) is 0 Å². The molecule has 0 aliphatic heterocycles. The van der Waals surface area contributed by atoms with Crippen LogP contribution in [-0.4, -0.2) is 15.3 Å². The molecule has 4 aromatic rings. The first-order chi connectivity index (χ1) is 15.6. The van der Waals surface area contributed by atoms with Crippen LogP contribution in [0.25, 0.3) is 33.4 Å². The Hall–Kier alpha value is -3.72. The monoisotopic (exact) mass is 438 g/mol. The Morgan fingerprint density at radius 1 is 0.394 bits per heavy atom. The van der Waals surface area contributed by atoms with Crippen molar-refractivity contribution >= 4 is 0 Å². The highest BCUT2D eigenvalue weighted by molar-refractivity contribution is 5.95. The lowest BCUT2D eigenvalue weighted by Crippen LogP contribution is -2.02. The second-order valence-electron chi connectivity index (χ2n) is 9.06. The van der Waals surface area contributed by atoms with E-state index in [4.69, 9.17) is 0 Å². The first-order valence-corrected chi connectivity index (χ1v) is 11.1. The fraction of sp³-hybridized carbons (Fsp3) is 0.200. The van der Waals surface area contributed by atoms with E-state index in [-0.39, 0.29) is 17.2 Å². The maximum atomic E-state index is 10.8. The molecule has 33 heavy (non-hydrogen) atoms. The molecule has 4 aromatic carbocycles. The van der Waals surface area contributed by atoms with E-state index in [1.165, 1.54) is 0 Å². The molecule has 0 aromatic heterocycles. The zero-order valence-corrected chi connectivity index (χ0v) is 20.0. The number of phenolic OH excluding ortho intramolecular Hbond substituents is 3. The van der Waals surface area contributed by atoms with Crippen molar-refractivity contribution in [1.82, 2.24) is 0 Å². The second-order valence-corrected chi connectivity index (χ2v) is 9.06. The van der Waals surface area contributed by atoms with Crippen LogP contribution in [0.5, 0.6) is 17.2 Å². The third-order valence-corrected chi connectivity index (χ3v) is 6.51. The van der Waals surface area contributed by atoms with Gasteiger partial charge in [0.25, 0.3) is 0 Å². The summed E-state index contributed by atoms with van der Waals surface area (Å²) in [5.74, 6) is 0.610. The van der Waals surface area contributed by atoms with Crippen LogP contribution in [0.4, 0.5) is 0 Å². The number of hydrogen-bond acceptors (Lipinski definition) is 3. The fourth-order valence-electron chi connectivity index (χ4n) is 4.98. The molecule has 0 atom stereocenters. The summed E-state index contributed by atoms with van der Waals surface area (Å²) in [6.07, 6.45) is 0. The summed E-state index contributed by atoms with van der Waals surface area (Å²) in [4.78, 5) is 0. The fourth-order valence-corrected chi connectivity index (χ4v) is 4.98. The third kappa shape index (κ3) is 3.84. The van der Waals surface area contributed by atoms with Gasteiger partial charge in [0.2, 0.25) is 0 Å². The van der Waals surface area contributed by atoms with Gasteiger partial charge in [-0.2, -0.15) is 0 Å². The average molecular weight is 439 g/mol. The molecule has 0 unspecified atom stereocenters. The third-order valence-electron chi connectivity index (χ3n) is 6.51. The lowest BCUT2D eigenvalue weighted by molar-refractivity contribution is 0.477. The van der Waals surface area contributed by atoms with Crippen LogP contribution in [0.1, 0.15) is 33.4 Å². The summed E-state index contributed by atoms with van der Waals surface area (Å²) >= 11 is 0. The van der Waals surface area contributed by atoms with E-state index in [1.807, 2.05) is 77.9 Å². The van der Waals surface area contributed by atoms with Gasteiger partial charge in [-0.3, -0.25) is 0 Å². The number of rotatable bonds is 3. The summed E-state index contributed by atoms with van der Waals surface area (Å²) in [6.45, 7) is 12.1. The number of hydrogen-bond donors (Lipinski definition) is 3. The molecule has 0 saturated heterocycles. The van der Waals surface area contributed by atoms with E-state index >= 15 is 0 Å². The quantitative estimate of drug-likeness (QED) is 0.308. The van der Waals surface area contributed by atoms with Crippen molar-refractivity contribution in [2.75, 3.05) is 0 Å². The van der Waals surface area contributed by atoms with E-state index in [2.05, 4.69) is 0 Å². The van der Waals surface area contributed by atoms with Crippen LogP contribution in [0, 0.1) is 41.5 Å². The van der Waals surface area contributed by atoms with Crippen molar-refractivity contribution in [2.24, 2.45) is 0 Å². The highest BCUT2D eigenvalue weighted by atomic mass is 16.3. The standard InChI is InChI=1S/C30H30O3/c1-16-7-10-25(31)22(13-16)28-19(4)29(23-14-17(2)8-11-26(23)32)21(6)30(20(28)5)24-15-18(3)9-12-27(24)33/h7-15,31-33H,1-6H3. The van der Waals surface area contributed by atoms with E-state index in [9.17, 15) is 15.3 Å². The first-order valence-electron chi connectivity index (χ1n) is 11.1. The topological polar surface area (TPSA) is 60.7 Å². The van der Waals surface area contributed by atoms with Gasteiger partial charge in [0, 0.05) is 16.7 Å². The maximum absolute atomic E-state index is 10.8. The Labute approximate surface area is 195 Å². The molecule has 0 aliphatic carbocycles. The van der Waals surface area contributed by atoms with Gasteiger partial charge in [-0.05, 0) is 111 Å². The molecule has 0 saturated carbocycles. The molecular weight excluding hydrogens is 408 g/mol. The predicted octanol–water partition coefficient (Wildman–Crippen LogP) is 7.65. The van der Waals surface area contributed by atoms with Gasteiger partial charge in [0.05, 0.1) is 0 Å². The van der Waals surface area contributed by atoms with E-state index in [1.54, 1.807) is 18.2 Å². The van der Waals surface area contributed by atoms with Gasteiger partial charge in [0.15, 0.2) is 0 Å². The molecule has 0 heterocycles. The molecule has 0 radical (unpaired) electrons. The number of benzene rings is 4. The van der Waals surface area contributed by atoms with Crippen LogP contribution in [0.3, 0.4) is 0 Å². The maximum Gasteiger partial charge on any atom is 0.123 e. The lowest BCUT2D eigenvalue weighted by Gasteiger charge is -2.25. The molecule has 4 rings (SSSR count). The summed E-state index contributed by atoms with van der Waals surface area (Å²) < 4.78 is 0. The number of aromatic hydroxyl groups is 3. The summed E-state index contributed by atoms with van der Waals surface area (Å²) in [5.41, 5.74) is 11.0. The molecule has 0 bridgehead atoms. The van der Waals surface area contributed by atoms with Gasteiger partial charge in [-0.1, -0.05) is 34.9 Å². The van der Waals surface area contributed by atoms with Crippen LogP contribution in [-0.2, 0) is 0 Å². The minimum Gasteiger partial charge on any atom is -0.507 e. The SMILES string of the molecule is Cc1ccc(O)c(-c2c(C)c(-c3cc(C)ccc3O)c(C)c(-c3cc(C)ccc3O)c2C)c1. The molecule has 0 spiro atoms. The summed E-state index contributed by atoms with van der Waals surface area (Å²) in [5, 5.41) is 32.5. The molecular formula is C30H30O3. The van der Waals surface area contributed by atoms with Crippen molar-refractivity contribution in [3.05, 3.63) is 88.0 Å². The highest BCUT2D eigenvalue weighted by Crippen LogP contribution is 2.48. The molecule has 0 amide bonds. The van der Waals surface area contributed by atoms with Crippen LogP contribution in [0.15, 0.2) is 54.6 Å². The Kier molecular flexibility index (Phi) is 5.67. The van der Waals surface area contributed by atoms with Crippen LogP contribution < -0.4 is 0 Å². The lowest BCUT2D eigenvalue weighted by atomic mass is 9.79. The zero-order chi connectivity index (χ0) is 24.0. The Morgan fingerprint density at radius 2 is 0.636 bits per heavy atom. The molecule has 3 nitrogen and oxygen atoms in total. The van der Waals surface area contributed by atoms with Crippen molar-refractivity contribution in [3.8, 4) is 50.6 Å². The van der Waals surface area contributed by atoms with Crippen molar-refractivity contribution in [1.29, 1.82) is 0 Å². The summed E-state index contributed by atoms with van der Waals surface area (Å²) in [6, 6.07) is 16.8. The van der Waals surface area contributed by atoms with Gasteiger partial charge in [-0.25, -0.2) is 0 Å². The summed E-state index contributed by atoms with van der Waals surface area (Å²) in [7, 11) is 0. The largest absolute Gasteiger partial charge is 0.507 e. The smallest absolute Gasteiger partial charge is 0.123 e. The van der Waals surface area contributed by atoms with Crippen molar-refractivity contribution in [2.45, 2.75) is 41.5 Å². The van der Waals surface area contributed by atoms with E-state index in [0.29, 0.717) is 0 Å². The first kappa shape index (κ1) is 22.5. The predicted molar refractivity (Wildman–Crippen MR) is 136 cm³/mol.